The lowest BCUT2D eigenvalue weighted by Crippen LogP contribution is -2.28. The Balaban J connectivity index is 0.779. The molecule has 0 amide bonds. The normalized spacial score (nSPS) is 14.5. The van der Waals surface area contributed by atoms with Crippen LogP contribution in [0.5, 0.6) is 34.5 Å². The first kappa shape index (κ1) is 63.8. The summed E-state index contributed by atoms with van der Waals surface area (Å²) in [6.45, 7) is 7.78. The highest BCUT2D eigenvalue weighted by Crippen LogP contribution is 2.60. The Morgan fingerprint density at radius 2 is 0.598 bits per heavy atom. The Morgan fingerprint density at radius 1 is 0.294 bits per heavy atom. The van der Waals surface area contributed by atoms with Crippen LogP contribution in [0.15, 0.2) is 329 Å². The molecule has 2 aliphatic carbocycles. The first-order valence-corrected chi connectivity index (χ1v) is 33.5. The number of halogens is 4. The summed E-state index contributed by atoms with van der Waals surface area (Å²) in [5.74, 6) is 1.18. The fourth-order valence-corrected chi connectivity index (χ4v) is 15.0. The second-order valence-corrected chi connectivity index (χ2v) is 25.3. The van der Waals surface area contributed by atoms with Gasteiger partial charge in [-0.25, -0.2) is 17.6 Å². The number of methoxy groups -OCH3 is 2. The molecule has 102 heavy (non-hydrogen) atoms. The average molecular weight is 1340 g/mol. The standard InChI is InChI=1S/C92H64F4N2O4/c1-5-59-15-39-75(40-16-59)101-77-47-27-65(28-48-77)91(63-23-43-73(99-3)44-24-63)83-13-9-7-11-79(83)81-51-37-71(57-85(81)91)97(89-53-31-67(93)55-87(89)95)69-33-19-61(20-34-69)62-21-35-70(36-22-62)98(90-54-32-68(94)56-88(90)96)72-38-52-82-80-12-8-10-14-84(80)92(86(82)58-72,64-25-45-74(100-4)46-26-64)66-29-49-78(50-30-66)102-76-41-17-60(6-2)18-42-76/h5-58H,1-2H2,3-4H3. The van der Waals surface area contributed by atoms with Crippen LogP contribution < -0.4 is 28.7 Å². The van der Waals surface area contributed by atoms with E-state index in [4.69, 9.17) is 18.9 Å². The number of nitrogens with zero attached hydrogens (tertiary/aromatic N) is 2. The molecule has 0 saturated carbocycles. The quantitative estimate of drug-likeness (QED) is 0.0752. The fourth-order valence-electron chi connectivity index (χ4n) is 15.0. The van der Waals surface area contributed by atoms with Crippen LogP contribution in [0.2, 0.25) is 0 Å². The predicted octanol–water partition coefficient (Wildman–Crippen LogP) is 24.5. The van der Waals surface area contributed by atoms with Crippen molar-refractivity contribution in [3.8, 4) is 67.9 Å². The highest BCUT2D eigenvalue weighted by atomic mass is 19.1. The first-order chi connectivity index (χ1) is 49.9. The molecule has 2 atom stereocenters. The monoisotopic (exact) mass is 1340 g/mol. The molecule has 0 radical (unpaired) electrons. The Bertz CT molecular complexity index is 5150. The van der Waals surface area contributed by atoms with Crippen molar-refractivity contribution < 1.29 is 36.5 Å². The summed E-state index contributed by atoms with van der Waals surface area (Å²) < 4.78 is 87.8. The zero-order chi connectivity index (χ0) is 69.6. The number of benzene rings is 14. The lowest BCUT2D eigenvalue weighted by molar-refractivity contribution is 0.414. The van der Waals surface area contributed by atoms with E-state index in [0.29, 0.717) is 57.2 Å². The van der Waals surface area contributed by atoms with Gasteiger partial charge in [-0.05, 0) is 235 Å². The van der Waals surface area contributed by atoms with Crippen LogP contribution in [-0.2, 0) is 10.8 Å². The van der Waals surface area contributed by atoms with Gasteiger partial charge >= 0.3 is 0 Å². The summed E-state index contributed by atoms with van der Waals surface area (Å²) >= 11 is 0. The van der Waals surface area contributed by atoms with Crippen LogP contribution in [0.1, 0.15) is 55.6 Å². The number of ether oxygens (including phenoxy) is 4. The van der Waals surface area contributed by atoms with E-state index < -0.39 is 34.1 Å². The van der Waals surface area contributed by atoms with Gasteiger partial charge in [-0.15, -0.1) is 0 Å². The summed E-state index contributed by atoms with van der Waals surface area (Å²) in [7, 11) is 3.30. The molecule has 16 rings (SSSR count). The molecule has 6 nitrogen and oxygen atoms in total. The molecular weight excluding hydrogens is 1270 g/mol. The van der Waals surface area contributed by atoms with Crippen LogP contribution in [0.25, 0.3) is 45.5 Å². The van der Waals surface area contributed by atoms with Crippen molar-refractivity contribution in [1.29, 1.82) is 0 Å². The zero-order valence-corrected chi connectivity index (χ0v) is 55.6. The Morgan fingerprint density at radius 3 is 0.922 bits per heavy atom. The maximum Gasteiger partial charge on any atom is 0.150 e. The lowest BCUT2D eigenvalue weighted by Gasteiger charge is -2.35. The van der Waals surface area contributed by atoms with Gasteiger partial charge in [-0.1, -0.05) is 183 Å². The molecule has 0 saturated heterocycles. The first-order valence-electron chi connectivity index (χ1n) is 33.5. The van der Waals surface area contributed by atoms with Crippen molar-refractivity contribution >= 4 is 46.3 Å². The largest absolute Gasteiger partial charge is 0.497 e. The fraction of sp³-hybridized carbons (Fsp3) is 0.0435. The molecule has 0 fully saturated rings. The highest BCUT2D eigenvalue weighted by molar-refractivity contribution is 5.92. The van der Waals surface area contributed by atoms with E-state index in [1.165, 1.54) is 24.3 Å². The average Bonchev–Trinajstić information content (AvgIpc) is 1.53. The molecule has 14 aromatic carbocycles. The predicted molar refractivity (Wildman–Crippen MR) is 402 cm³/mol. The van der Waals surface area contributed by atoms with Gasteiger partial charge in [0, 0.05) is 34.9 Å². The van der Waals surface area contributed by atoms with Crippen LogP contribution in [-0.4, -0.2) is 14.2 Å². The van der Waals surface area contributed by atoms with E-state index in [-0.39, 0.29) is 11.4 Å². The maximum atomic E-state index is 16.8. The number of hydrogen-bond donors (Lipinski definition) is 0. The molecule has 10 heteroatoms. The second-order valence-electron chi connectivity index (χ2n) is 25.3. The summed E-state index contributed by atoms with van der Waals surface area (Å²) in [6.07, 6.45) is 3.58. The lowest BCUT2D eigenvalue weighted by atomic mass is 9.67. The van der Waals surface area contributed by atoms with Gasteiger partial charge < -0.3 is 28.7 Å². The minimum absolute atomic E-state index is 0.140. The minimum Gasteiger partial charge on any atom is -0.497 e. The van der Waals surface area contributed by atoms with Gasteiger partial charge in [0.25, 0.3) is 0 Å². The van der Waals surface area contributed by atoms with Gasteiger partial charge in [-0.2, -0.15) is 0 Å². The van der Waals surface area contributed by atoms with Crippen molar-refractivity contribution in [3.63, 3.8) is 0 Å². The van der Waals surface area contributed by atoms with E-state index in [9.17, 15) is 0 Å². The van der Waals surface area contributed by atoms with E-state index in [1.807, 2.05) is 180 Å². The Kier molecular flexibility index (Phi) is 16.5. The van der Waals surface area contributed by atoms with Crippen LogP contribution in [0.4, 0.5) is 51.7 Å². The van der Waals surface area contributed by atoms with Crippen molar-refractivity contribution in [2.75, 3.05) is 24.0 Å². The topological polar surface area (TPSA) is 43.4 Å². The van der Waals surface area contributed by atoms with Gasteiger partial charge in [-0.3, -0.25) is 0 Å². The number of anilines is 6. The van der Waals surface area contributed by atoms with Gasteiger partial charge in [0.2, 0.25) is 0 Å². The number of rotatable bonds is 19. The highest BCUT2D eigenvalue weighted by Gasteiger charge is 2.48. The van der Waals surface area contributed by atoms with E-state index >= 15 is 17.6 Å². The van der Waals surface area contributed by atoms with Crippen molar-refractivity contribution in [1.82, 2.24) is 0 Å². The smallest absolute Gasteiger partial charge is 0.150 e. The zero-order valence-electron chi connectivity index (χ0n) is 55.6. The summed E-state index contributed by atoms with van der Waals surface area (Å²) in [5.41, 5.74) is 16.5. The second kappa shape index (κ2) is 26.4. The van der Waals surface area contributed by atoms with Crippen LogP contribution in [0.3, 0.4) is 0 Å². The molecule has 0 aromatic heterocycles. The Labute approximate surface area is 589 Å². The van der Waals surface area contributed by atoms with Crippen molar-refractivity contribution in [3.05, 3.63) is 408 Å². The third kappa shape index (κ3) is 11.1. The third-order valence-electron chi connectivity index (χ3n) is 19.8. The minimum atomic E-state index is -0.906. The molecule has 0 heterocycles. The summed E-state index contributed by atoms with van der Waals surface area (Å²) in [5, 5.41) is 0. The summed E-state index contributed by atoms with van der Waals surface area (Å²) in [4.78, 5) is 3.64. The number of hydrogen-bond acceptors (Lipinski definition) is 6. The Hall–Kier alpha value is -12.9. The molecule has 0 aliphatic heterocycles. The number of fused-ring (bicyclic) bond motifs is 6. The van der Waals surface area contributed by atoms with Gasteiger partial charge in [0.1, 0.15) is 57.8 Å². The van der Waals surface area contributed by atoms with Crippen LogP contribution in [0, 0.1) is 23.3 Å². The van der Waals surface area contributed by atoms with Crippen molar-refractivity contribution in [2.45, 2.75) is 10.8 Å². The van der Waals surface area contributed by atoms with Crippen molar-refractivity contribution in [2.24, 2.45) is 0 Å². The van der Waals surface area contributed by atoms with E-state index in [0.717, 1.165) is 101 Å². The molecule has 494 valence electrons. The maximum absolute atomic E-state index is 16.8. The molecule has 2 unspecified atom stereocenters. The molecule has 2 aliphatic rings. The van der Waals surface area contributed by atoms with Gasteiger partial charge in [0.05, 0.1) is 36.4 Å². The molecule has 0 bridgehead atoms. The van der Waals surface area contributed by atoms with E-state index in [1.54, 1.807) is 26.4 Å². The molecule has 14 aromatic rings. The molecular formula is C92H64F4N2O4. The SMILES string of the molecule is C=Cc1ccc(Oc2ccc(C3(c4ccc(OC)cc4)c4ccccc4-c4ccc(N(c5ccc(-c6ccc(N(c7ccc8c(c7)C(c7ccc(OC)cc7)(c7ccc(Oc9ccc(C=C)cc9)cc7)c7ccccc7-8)c7ccc(F)cc7F)cc6)cc5)c5ccc(F)cc5F)cc43)cc2)cc1. The summed E-state index contributed by atoms with van der Waals surface area (Å²) in [6, 6.07) is 100. The van der Waals surface area contributed by atoms with E-state index in [2.05, 4.69) is 122 Å². The molecule has 0 spiro atoms. The third-order valence-corrected chi connectivity index (χ3v) is 19.8. The van der Waals surface area contributed by atoms with Gasteiger partial charge in [0.15, 0.2) is 0 Å². The molecule has 0 N–H and O–H groups in total. The van der Waals surface area contributed by atoms with Crippen LogP contribution >= 0.6 is 0 Å².